The van der Waals surface area contributed by atoms with Gasteiger partial charge in [-0.25, -0.2) is 4.68 Å². The molecule has 3 heterocycles. The van der Waals surface area contributed by atoms with Crippen molar-refractivity contribution in [3.8, 4) is 0 Å². The van der Waals surface area contributed by atoms with Crippen molar-refractivity contribution in [2.24, 2.45) is 5.92 Å². The van der Waals surface area contributed by atoms with Gasteiger partial charge in [0.2, 0.25) is 5.91 Å². The molecule has 35 heavy (non-hydrogen) atoms. The van der Waals surface area contributed by atoms with Crippen LogP contribution in [0.5, 0.6) is 0 Å². The molecule has 2 aromatic carbocycles. The van der Waals surface area contributed by atoms with Gasteiger partial charge in [0.05, 0.1) is 24.3 Å². The first-order chi connectivity index (χ1) is 17.1. The van der Waals surface area contributed by atoms with Crippen molar-refractivity contribution in [1.82, 2.24) is 14.7 Å². The van der Waals surface area contributed by atoms with Gasteiger partial charge in [-0.05, 0) is 36.6 Å². The number of anilines is 2. The lowest BCUT2D eigenvalue weighted by Crippen LogP contribution is -2.52. The van der Waals surface area contributed by atoms with Crippen molar-refractivity contribution in [2.45, 2.75) is 19.4 Å². The molecular weight excluding hydrogens is 462 g/mol. The lowest BCUT2D eigenvalue weighted by molar-refractivity contribution is -0.136. The number of piperidine rings is 1. The zero-order valence-electron chi connectivity index (χ0n) is 19.7. The van der Waals surface area contributed by atoms with Crippen molar-refractivity contribution in [3.05, 3.63) is 87.8 Å². The highest BCUT2D eigenvalue weighted by Crippen LogP contribution is 2.25. The van der Waals surface area contributed by atoms with Gasteiger partial charge < -0.3 is 14.7 Å². The van der Waals surface area contributed by atoms with E-state index in [1.807, 2.05) is 53.4 Å². The van der Waals surface area contributed by atoms with Crippen LogP contribution in [-0.4, -0.2) is 59.9 Å². The van der Waals surface area contributed by atoms with Crippen LogP contribution in [0.2, 0.25) is 5.02 Å². The Morgan fingerprint density at radius 2 is 1.71 bits per heavy atom. The van der Waals surface area contributed by atoms with Crippen molar-refractivity contribution in [2.75, 3.05) is 49.1 Å². The maximum absolute atomic E-state index is 13.3. The van der Waals surface area contributed by atoms with Crippen LogP contribution in [0, 0.1) is 5.92 Å². The van der Waals surface area contributed by atoms with Crippen LogP contribution in [0.15, 0.2) is 71.7 Å². The third-order valence-electron chi connectivity index (χ3n) is 6.93. The molecule has 1 atom stereocenters. The summed E-state index contributed by atoms with van der Waals surface area (Å²) in [6.07, 6.45) is 3.55. The van der Waals surface area contributed by atoms with Gasteiger partial charge in [-0.1, -0.05) is 48.0 Å². The fraction of sp³-hybridized carbons (Fsp3) is 0.370. The average Bonchev–Trinajstić information content (AvgIpc) is 2.90. The first kappa shape index (κ1) is 23.4. The van der Waals surface area contributed by atoms with E-state index < -0.39 is 0 Å². The molecule has 0 bridgehead atoms. The van der Waals surface area contributed by atoms with Crippen LogP contribution < -0.4 is 15.4 Å². The van der Waals surface area contributed by atoms with Crippen LogP contribution >= 0.6 is 11.6 Å². The number of carbonyl (C=O) groups is 1. The van der Waals surface area contributed by atoms with E-state index in [2.05, 4.69) is 21.0 Å². The van der Waals surface area contributed by atoms with Crippen molar-refractivity contribution >= 4 is 28.9 Å². The van der Waals surface area contributed by atoms with Gasteiger partial charge >= 0.3 is 0 Å². The molecule has 0 unspecified atom stereocenters. The van der Waals surface area contributed by atoms with E-state index in [0.717, 1.165) is 54.4 Å². The zero-order chi connectivity index (χ0) is 24.2. The van der Waals surface area contributed by atoms with Gasteiger partial charge in [-0.2, -0.15) is 5.10 Å². The van der Waals surface area contributed by atoms with Crippen LogP contribution in [-0.2, 0) is 11.3 Å². The smallest absolute Gasteiger partial charge is 0.269 e. The molecular formula is C27H30ClN5O2. The molecule has 2 aliphatic heterocycles. The number of halogens is 1. The fourth-order valence-electron chi connectivity index (χ4n) is 5.00. The molecule has 2 aliphatic rings. The Labute approximate surface area is 210 Å². The molecule has 2 fully saturated rings. The molecule has 7 nitrogen and oxygen atoms in total. The first-order valence-electron chi connectivity index (χ1n) is 12.2. The topological polar surface area (TPSA) is 61.7 Å². The summed E-state index contributed by atoms with van der Waals surface area (Å²) in [5.41, 5.74) is 2.80. The molecule has 2 saturated heterocycles. The number of rotatable bonds is 5. The zero-order valence-corrected chi connectivity index (χ0v) is 20.5. The molecule has 0 N–H and O–H groups in total. The van der Waals surface area contributed by atoms with Gasteiger partial charge in [0.1, 0.15) is 0 Å². The van der Waals surface area contributed by atoms with E-state index in [4.69, 9.17) is 11.6 Å². The lowest BCUT2D eigenvalue weighted by atomic mass is 9.96. The SMILES string of the molecule is O=C([C@H]1CCCN(c2cnn(Cc3ccccc3)c(=O)c2)C1)N1CCN(c2cccc(Cl)c2)CC1. The third kappa shape index (κ3) is 5.51. The average molecular weight is 492 g/mol. The number of hydrogen-bond acceptors (Lipinski definition) is 5. The predicted octanol–water partition coefficient (Wildman–Crippen LogP) is 3.51. The summed E-state index contributed by atoms with van der Waals surface area (Å²) in [7, 11) is 0. The molecule has 0 aliphatic carbocycles. The van der Waals surface area contributed by atoms with Crippen molar-refractivity contribution in [3.63, 3.8) is 0 Å². The Morgan fingerprint density at radius 3 is 2.46 bits per heavy atom. The summed E-state index contributed by atoms with van der Waals surface area (Å²) in [5, 5.41) is 5.13. The Kier molecular flexibility index (Phi) is 7.04. The minimum Gasteiger partial charge on any atom is -0.369 e. The quantitative estimate of drug-likeness (QED) is 0.546. The molecule has 0 radical (unpaired) electrons. The Balaban J connectivity index is 1.19. The summed E-state index contributed by atoms with van der Waals surface area (Å²) in [5.74, 6) is 0.152. The van der Waals surface area contributed by atoms with E-state index in [9.17, 15) is 9.59 Å². The molecule has 0 saturated carbocycles. The Morgan fingerprint density at radius 1 is 0.914 bits per heavy atom. The number of amides is 1. The van der Waals surface area contributed by atoms with E-state index >= 15 is 0 Å². The first-order valence-corrected chi connectivity index (χ1v) is 12.6. The minimum atomic E-state index is -0.128. The summed E-state index contributed by atoms with van der Waals surface area (Å²) in [6, 6.07) is 19.3. The van der Waals surface area contributed by atoms with E-state index in [0.29, 0.717) is 26.2 Å². The van der Waals surface area contributed by atoms with E-state index in [-0.39, 0.29) is 17.4 Å². The second-order valence-corrected chi connectivity index (χ2v) is 9.71. The maximum atomic E-state index is 13.3. The van der Waals surface area contributed by atoms with Crippen LogP contribution in [0.3, 0.4) is 0 Å². The molecule has 8 heteroatoms. The Hall–Kier alpha value is -3.32. The normalized spacial score (nSPS) is 18.5. The summed E-state index contributed by atoms with van der Waals surface area (Å²) >= 11 is 6.14. The highest BCUT2D eigenvalue weighted by Gasteiger charge is 2.31. The van der Waals surface area contributed by atoms with E-state index in [1.54, 1.807) is 12.3 Å². The van der Waals surface area contributed by atoms with Crippen LogP contribution in [0.25, 0.3) is 0 Å². The lowest BCUT2D eigenvalue weighted by Gasteiger charge is -2.40. The van der Waals surface area contributed by atoms with Crippen molar-refractivity contribution < 1.29 is 4.79 Å². The number of piperazine rings is 1. The van der Waals surface area contributed by atoms with Crippen LogP contribution in [0.4, 0.5) is 11.4 Å². The number of carbonyl (C=O) groups excluding carboxylic acids is 1. The van der Waals surface area contributed by atoms with Gasteiger partial charge in [0.25, 0.3) is 5.56 Å². The monoisotopic (exact) mass is 491 g/mol. The largest absolute Gasteiger partial charge is 0.369 e. The minimum absolute atomic E-state index is 0.0618. The van der Waals surface area contributed by atoms with Gasteiger partial charge in [0, 0.05) is 56.0 Å². The molecule has 3 aromatic rings. The molecule has 182 valence electrons. The van der Waals surface area contributed by atoms with Crippen molar-refractivity contribution in [1.29, 1.82) is 0 Å². The van der Waals surface area contributed by atoms with Gasteiger partial charge in [0.15, 0.2) is 0 Å². The molecule has 0 spiro atoms. The maximum Gasteiger partial charge on any atom is 0.269 e. The fourth-order valence-corrected chi connectivity index (χ4v) is 5.19. The highest BCUT2D eigenvalue weighted by molar-refractivity contribution is 6.30. The molecule has 1 aromatic heterocycles. The number of hydrogen-bond donors (Lipinski definition) is 0. The highest BCUT2D eigenvalue weighted by atomic mass is 35.5. The molecule has 5 rings (SSSR count). The van der Waals surface area contributed by atoms with Gasteiger partial charge in [-0.3, -0.25) is 9.59 Å². The third-order valence-corrected chi connectivity index (χ3v) is 7.17. The number of aromatic nitrogens is 2. The standard InChI is InChI=1S/C27H30ClN5O2/c28-23-9-4-10-24(16-23)30-12-14-31(15-13-30)27(35)22-8-5-11-32(20-22)25-17-26(34)33(29-18-25)19-21-6-2-1-3-7-21/h1-4,6-7,9-10,16-18,22H,5,8,11-15,19-20H2/t22-/m0/s1. The summed E-state index contributed by atoms with van der Waals surface area (Å²) < 4.78 is 1.48. The Bertz CT molecular complexity index is 1220. The summed E-state index contributed by atoms with van der Waals surface area (Å²) in [6.45, 7) is 4.91. The number of nitrogens with zero attached hydrogens (tertiary/aromatic N) is 5. The number of benzene rings is 2. The summed E-state index contributed by atoms with van der Waals surface area (Å²) in [4.78, 5) is 32.4. The second kappa shape index (κ2) is 10.5. The van der Waals surface area contributed by atoms with E-state index in [1.165, 1.54) is 4.68 Å². The second-order valence-electron chi connectivity index (χ2n) is 9.27. The van der Waals surface area contributed by atoms with Crippen LogP contribution in [0.1, 0.15) is 18.4 Å². The predicted molar refractivity (Wildman–Crippen MR) is 139 cm³/mol. The molecule has 1 amide bonds. The van der Waals surface area contributed by atoms with Gasteiger partial charge in [-0.15, -0.1) is 0 Å².